The predicted octanol–water partition coefficient (Wildman–Crippen LogP) is 5.33. The van der Waals surface area contributed by atoms with E-state index in [9.17, 15) is 4.79 Å². The maximum absolute atomic E-state index is 13.4. The number of thiophene rings is 1. The minimum Gasteiger partial charge on any atom is -0.311 e. The highest BCUT2D eigenvalue weighted by atomic mass is 32.1. The lowest BCUT2D eigenvalue weighted by Gasteiger charge is -2.18. The molecule has 0 radical (unpaired) electrons. The average Bonchev–Trinajstić information content (AvgIpc) is 3.36. The van der Waals surface area contributed by atoms with Crippen molar-refractivity contribution in [2.75, 3.05) is 11.9 Å². The van der Waals surface area contributed by atoms with Gasteiger partial charge in [0.05, 0.1) is 27.7 Å². The van der Waals surface area contributed by atoms with Crippen molar-refractivity contribution in [1.82, 2.24) is 14.8 Å². The first-order valence-corrected chi connectivity index (χ1v) is 10.1. The van der Waals surface area contributed by atoms with E-state index in [0.29, 0.717) is 5.56 Å². The second-order valence-corrected chi connectivity index (χ2v) is 8.10. The Morgan fingerprint density at radius 2 is 1.93 bits per heavy atom. The number of anilines is 1. The van der Waals surface area contributed by atoms with Gasteiger partial charge in [-0.2, -0.15) is 5.10 Å². The zero-order valence-electron chi connectivity index (χ0n) is 16.4. The molecule has 0 saturated heterocycles. The summed E-state index contributed by atoms with van der Waals surface area (Å²) < 4.78 is 1.87. The zero-order chi connectivity index (χ0) is 19.8. The van der Waals surface area contributed by atoms with Gasteiger partial charge in [0.2, 0.25) is 0 Å². The van der Waals surface area contributed by atoms with Crippen LogP contribution in [0.5, 0.6) is 0 Å². The van der Waals surface area contributed by atoms with E-state index in [4.69, 9.17) is 4.98 Å². The number of carbonyl (C=O) groups excluding carboxylic acids is 1. The van der Waals surface area contributed by atoms with Crippen LogP contribution in [0.1, 0.15) is 35.8 Å². The summed E-state index contributed by atoms with van der Waals surface area (Å²) >= 11 is 1.61. The molecule has 3 heterocycles. The number of amides is 1. The van der Waals surface area contributed by atoms with E-state index in [-0.39, 0.29) is 11.9 Å². The molecule has 0 unspecified atom stereocenters. The predicted molar refractivity (Wildman–Crippen MR) is 115 cm³/mol. The van der Waals surface area contributed by atoms with Crippen LogP contribution in [0.3, 0.4) is 0 Å². The standard InChI is InChI=1S/C22H22N4OS/c1-14(2)26-21-18(13-23-26)17(12-19(24-21)20-6-5-11-28-20)22(27)25(4)16-9-7-15(3)8-10-16/h5-14H,1-4H3. The zero-order valence-corrected chi connectivity index (χ0v) is 17.2. The highest BCUT2D eigenvalue weighted by Gasteiger charge is 2.22. The number of aryl methyl sites for hydroxylation is 1. The van der Waals surface area contributed by atoms with E-state index in [1.54, 1.807) is 29.5 Å². The normalized spacial score (nSPS) is 11.3. The lowest BCUT2D eigenvalue weighted by atomic mass is 10.1. The summed E-state index contributed by atoms with van der Waals surface area (Å²) in [7, 11) is 1.80. The molecule has 0 aliphatic rings. The number of benzene rings is 1. The van der Waals surface area contributed by atoms with Gasteiger partial charge >= 0.3 is 0 Å². The van der Waals surface area contributed by atoms with Crippen LogP contribution in [0, 0.1) is 6.92 Å². The Balaban J connectivity index is 1.87. The molecule has 142 valence electrons. The van der Waals surface area contributed by atoms with E-state index in [1.807, 2.05) is 59.5 Å². The first kappa shape index (κ1) is 18.4. The van der Waals surface area contributed by atoms with E-state index in [2.05, 4.69) is 18.9 Å². The first-order valence-electron chi connectivity index (χ1n) is 9.22. The Labute approximate surface area is 168 Å². The van der Waals surface area contributed by atoms with Gasteiger partial charge in [-0.1, -0.05) is 23.8 Å². The smallest absolute Gasteiger partial charge is 0.258 e. The van der Waals surface area contributed by atoms with Gasteiger partial charge in [0.1, 0.15) is 0 Å². The Morgan fingerprint density at radius 1 is 1.18 bits per heavy atom. The molecule has 4 rings (SSSR count). The van der Waals surface area contributed by atoms with Gasteiger partial charge in [-0.05, 0) is 50.4 Å². The maximum Gasteiger partial charge on any atom is 0.258 e. The Morgan fingerprint density at radius 3 is 2.57 bits per heavy atom. The minimum atomic E-state index is -0.0719. The number of carbonyl (C=O) groups is 1. The van der Waals surface area contributed by atoms with Crippen molar-refractivity contribution in [3.63, 3.8) is 0 Å². The summed E-state index contributed by atoms with van der Waals surface area (Å²) in [6.07, 6.45) is 1.75. The molecule has 6 heteroatoms. The van der Waals surface area contributed by atoms with E-state index >= 15 is 0 Å². The molecule has 1 aromatic carbocycles. The van der Waals surface area contributed by atoms with Gasteiger partial charge in [-0.25, -0.2) is 9.67 Å². The van der Waals surface area contributed by atoms with Gasteiger partial charge in [0.25, 0.3) is 5.91 Å². The molecule has 0 atom stereocenters. The van der Waals surface area contributed by atoms with Crippen molar-refractivity contribution >= 4 is 34.0 Å². The molecule has 0 aliphatic heterocycles. The molecule has 0 bridgehead atoms. The Bertz CT molecular complexity index is 1130. The van der Waals surface area contributed by atoms with Gasteiger partial charge in [-0.3, -0.25) is 4.79 Å². The molecular formula is C22H22N4OS. The van der Waals surface area contributed by atoms with E-state index in [0.717, 1.165) is 32.9 Å². The van der Waals surface area contributed by atoms with Crippen molar-refractivity contribution < 1.29 is 4.79 Å². The van der Waals surface area contributed by atoms with Gasteiger partial charge < -0.3 is 4.90 Å². The van der Waals surface area contributed by atoms with Crippen LogP contribution in [0.2, 0.25) is 0 Å². The molecule has 5 nitrogen and oxygen atoms in total. The van der Waals surface area contributed by atoms with Crippen LogP contribution in [-0.2, 0) is 0 Å². The minimum absolute atomic E-state index is 0.0719. The largest absolute Gasteiger partial charge is 0.311 e. The third-order valence-corrected chi connectivity index (χ3v) is 5.68. The van der Waals surface area contributed by atoms with Crippen LogP contribution in [0.4, 0.5) is 5.69 Å². The van der Waals surface area contributed by atoms with Crippen LogP contribution in [0.25, 0.3) is 21.6 Å². The number of pyridine rings is 1. The molecule has 0 N–H and O–H groups in total. The van der Waals surface area contributed by atoms with Crippen molar-refractivity contribution in [2.45, 2.75) is 26.8 Å². The molecule has 1 amide bonds. The fraction of sp³-hybridized carbons (Fsp3) is 0.227. The van der Waals surface area contributed by atoms with Gasteiger partial charge in [0.15, 0.2) is 5.65 Å². The van der Waals surface area contributed by atoms with E-state index in [1.165, 1.54) is 0 Å². The van der Waals surface area contributed by atoms with Crippen molar-refractivity contribution in [1.29, 1.82) is 0 Å². The SMILES string of the molecule is Cc1ccc(N(C)C(=O)c2cc(-c3cccs3)nc3c2cnn3C(C)C)cc1. The number of aromatic nitrogens is 3. The highest BCUT2D eigenvalue weighted by Crippen LogP contribution is 2.30. The van der Waals surface area contributed by atoms with Gasteiger partial charge in [0, 0.05) is 18.8 Å². The molecule has 0 fully saturated rings. The summed E-state index contributed by atoms with van der Waals surface area (Å²) in [5, 5.41) is 7.28. The fourth-order valence-corrected chi connectivity index (χ4v) is 3.88. The number of rotatable bonds is 4. The highest BCUT2D eigenvalue weighted by molar-refractivity contribution is 7.13. The fourth-order valence-electron chi connectivity index (χ4n) is 3.19. The molecule has 0 saturated carbocycles. The Hall–Kier alpha value is -2.99. The second-order valence-electron chi connectivity index (χ2n) is 7.15. The monoisotopic (exact) mass is 390 g/mol. The molecule has 3 aromatic heterocycles. The summed E-state index contributed by atoms with van der Waals surface area (Å²) in [6, 6.07) is 14.0. The Kier molecular flexibility index (Phi) is 4.73. The lowest BCUT2D eigenvalue weighted by Crippen LogP contribution is -2.26. The summed E-state index contributed by atoms with van der Waals surface area (Å²) in [6.45, 7) is 6.16. The van der Waals surface area contributed by atoms with Crippen LogP contribution in [-0.4, -0.2) is 27.7 Å². The molecule has 4 aromatic rings. The second kappa shape index (κ2) is 7.20. The number of fused-ring (bicyclic) bond motifs is 1. The summed E-state index contributed by atoms with van der Waals surface area (Å²) in [5.41, 5.74) is 4.17. The summed E-state index contributed by atoms with van der Waals surface area (Å²) in [5.74, 6) is -0.0719. The molecule has 28 heavy (non-hydrogen) atoms. The van der Waals surface area contributed by atoms with Crippen molar-refractivity contribution in [2.24, 2.45) is 0 Å². The number of hydrogen-bond acceptors (Lipinski definition) is 4. The molecular weight excluding hydrogens is 368 g/mol. The summed E-state index contributed by atoms with van der Waals surface area (Å²) in [4.78, 5) is 20.9. The number of hydrogen-bond donors (Lipinski definition) is 0. The van der Waals surface area contributed by atoms with Crippen LogP contribution in [0.15, 0.2) is 54.0 Å². The van der Waals surface area contributed by atoms with Crippen molar-refractivity contribution in [3.8, 4) is 10.6 Å². The average molecular weight is 391 g/mol. The van der Waals surface area contributed by atoms with Crippen LogP contribution < -0.4 is 4.90 Å². The van der Waals surface area contributed by atoms with E-state index < -0.39 is 0 Å². The van der Waals surface area contributed by atoms with Crippen LogP contribution >= 0.6 is 11.3 Å². The third kappa shape index (κ3) is 3.20. The molecule has 0 aliphatic carbocycles. The number of nitrogens with zero attached hydrogens (tertiary/aromatic N) is 4. The maximum atomic E-state index is 13.4. The van der Waals surface area contributed by atoms with Gasteiger partial charge in [-0.15, -0.1) is 11.3 Å². The third-order valence-electron chi connectivity index (χ3n) is 4.79. The quantitative estimate of drug-likeness (QED) is 0.473. The first-order chi connectivity index (χ1) is 13.5. The molecule has 0 spiro atoms. The topological polar surface area (TPSA) is 51.0 Å². The lowest BCUT2D eigenvalue weighted by molar-refractivity contribution is 0.0994. The van der Waals surface area contributed by atoms with Crippen molar-refractivity contribution in [3.05, 3.63) is 65.2 Å².